The maximum atomic E-state index is 13.5. The predicted octanol–water partition coefficient (Wildman–Crippen LogP) is 4.17. The molecule has 0 amide bonds. The lowest BCUT2D eigenvalue weighted by Gasteiger charge is -2.10. The number of carboxylic acids is 1. The van der Waals surface area contributed by atoms with Crippen molar-refractivity contribution in [3.05, 3.63) is 63.4 Å². The molecule has 20 heavy (non-hydrogen) atoms. The monoisotopic (exact) mass is 338 g/mol. The van der Waals surface area contributed by atoms with Gasteiger partial charge in [-0.3, -0.25) is 0 Å². The van der Waals surface area contributed by atoms with Crippen molar-refractivity contribution in [1.29, 1.82) is 0 Å². The maximum absolute atomic E-state index is 13.5. The van der Waals surface area contributed by atoms with Crippen LogP contribution in [0.2, 0.25) is 0 Å². The highest BCUT2D eigenvalue weighted by Crippen LogP contribution is 2.23. The normalized spacial score (nSPS) is 10.3. The molecule has 104 valence electrons. The van der Waals surface area contributed by atoms with Crippen LogP contribution in [0.4, 0.5) is 4.39 Å². The second-order valence-corrected chi connectivity index (χ2v) is 5.23. The minimum absolute atomic E-state index is 0.154. The fourth-order valence-electron chi connectivity index (χ4n) is 1.73. The third kappa shape index (κ3) is 3.36. The van der Waals surface area contributed by atoms with E-state index in [0.717, 1.165) is 15.6 Å². The lowest BCUT2D eigenvalue weighted by Crippen LogP contribution is -2.02. The van der Waals surface area contributed by atoms with Gasteiger partial charge in [0.05, 0.1) is 5.56 Å². The summed E-state index contributed by atoms with van der Waals surface area (Å²) >= 11 is 3.25. The van der Waals surface area contributed by atoms with Gasteiger partial charge < -0.3 is 9.84 Å². The summed E-state index contributed by atoms with van der Waals surface area (Å²) in [6.45, 7) is 1.97. The Morgan fingerprint density at radius 3 is 2.70 bits per heavy atom. The van der Waals surface area contributed by atoms with Crippen LogP contribution in [0.25, 0.3) is 0 Å². The largest absolute Gasteiger partial charge is 0.486 e. The van der Waals surface area contributed by atoms with Crippen LogP contribution in [-0.2, 0) is 6.61 Å². The summed E-state index contributed by atoms with van der Waals surface area (Å²) in [4.78, 5) is 10.8. The molecule has 2 aromatic rings. The molecule has 2 aromatic carbocycles. The second-order valence-electron chi connectivity index (χ2n) is 4.31. The van der Waals surface area contributed by atoms with E-state index < -0.39 is 11.8 Å². The molecular weight excluding hydrogens is 327 g/mol. The Bertz CT molecular complexity index is 656. The van der Waals surface area contributed by atoms with Crippen LogP contribution < -0.4 is 4.74 Å². The molecule has 0 aliphatic heterocycles. The zero-order valence-electron chi connectivity index (χ0n) is 10.7. The maximum Gasteiger partial charge on any atom is 0.335 e. The van der Waals surface area contributed by atoms with Gasteiger partial charge in [0.2, 0.25) is 0 Å². The molecule has 0 bridgehead atoms. The number of hydrogen-bond acceptors (Lipinski definition) is 2. The van der Waals surface area contributed by atoms with Gasteiger partial charge in [-0.1, -0.05) is 22.0 Å². The minimum atomic E-state index is -0.974. The van der Waals surface area contributed by atoms with Gasteiger partial charge in [-0.2, -0.15) is 0 Å². The van der Waals surface area contributed by atoms with Crippen molar-refractivity contribution in [2.24, 2.45) is 0 Å². The van der Waals surface area contributed by atoms with Crippen molar-refractivity contribution < 1.29 is 19.0 Å². The molecule has 0 spiro atoms. The van der Waals surface area contributed by atoms with E-state index in [4.69, 9.17) is 9.84 Å². The van der Waals surface area contributed by atoms with Gasteiger partial charge in [0.1, 0.15) is 6.61 Å². The molecule has 0 unspecified atom stereocenters. The Labute approximate surface area is 124 Å². The van der Waals surface area contributed by atoms with Crippen molar-refractivity contribution in [2.45, 2.75) is 13.5 Å². The highest BCUT2D eigenvalue weighted by atomic mass is 79.9. The van der Waals surface area contributed by atoms with Gasteiger partial charge in [-0.05, 0) is 48.4 Å². The number of rotatable bonds is 4. The van der Waals surface area contributed by atoms with Crippen LogP contribution in [-0.4, -0.2) is 11.1 Å². The molecule has 0 atom stereocenters. The number of ether oxygens (including phenoxy) is 1. The molecular formula is C15H12BrFO3. The average molecular weight is 339 g/mol. The molecule has 0 fully saturated rings. The first-order valence-corrected chi connectivity index (χ1v) is 6.67. The minimum Gasteiger partial charge on any atom is -0.486 e. The van der Waals surface area contributed by atoms with Gasteiger partial charge in [-0.25, -0.2) is 9.18 Å². The number of halogens is 2. The Morgan fingerprint density at radius 1 is 1.30 bits per heavy atom. The molecule has 0 radical (unpaired) electrons. The van der Waals surface area contributed by atoms with E-state index in [1.54, 1.807) is 31.2 Å². The molecule has 3 nitrogen and oxygen atoms in total. The average Bonchev–Trinajstić information content (AvgIpc) is 2.40. The van der Waals surface area contributed by atoms with Crippen molar-refractivity contribution in [3.8, 4) is 5.75 Å². The van der Waals surface area contributed by atoms with E-state index in [0.29, 0.717) is 0 Å². The van der Waals surface area contributed by atoms with Crippen LogP contribution in [0.3, 0.4) is 0 Å². The van der Waals surface area contributed by atoms with Gasteiger partial charge in [-0.15, -0.1) is 0 Å². The molecule has 1 N–H and O–H groups in total. The van der Waals surface area contributed by atoms with Gasteiger partial charge >= 0.3 is 5.97 Å². The van der Waals surface area contributed by atoms with E-state index in [2.05, 4.69) is 15.9 Å². The molecule has 0 aromatic heterocycles. The molecule has 0 heterocycles. The lowest BCUT2D eigenvalue weighted by molar-refractivity contribution is 0.0696. The predicted molar refractivity (Wildman–Crippen MR) is 76.6 cm³/mol. The first-order valence-electron chi connectivity index (χ1n) is 5.88. The summed E-state index contributed by atoms with van der Waals surface area (Å²) in [5, 5.41) is 8.89. The number of benzene rings is 2. The molecule has 2 rings (SSSR count). The van der Waals surface area contributed by atoms with E-state index in [1.807, 2.05) is 0 Å². The van der Waals surface area contributed by atoms with E-state index >= 15 is 0 Å². The quantitative estimate of drug-likeness (QED) is 0.909. The number of hydrogen-bond donors (Lipinski definition) is 1. The molecule has 0 aliphatic carbocycles. The number of carbonyl (C=O) groups is 1. The summed E-state index contributed by atoms with van der Waals surface area (Å²) in [6, 6.07) is 9.21. The second kappa shape index (κ2) is 6.05. The van der Waals surface area contributed by atoms with E-state index in [1.165, 1.54) is 12.1 Å². The van der Waals surface area contributed by atoms with Crippen molar-refractivity contribution in [2.75, 3.05) is 0 Å². The van der Waals surface area contributed by atoms with Gasteiger partial charge in [0.15, 0.2) is 11.6 Å². The standard InChI is InChI=1S/C15H12BrFO3/c1-9-6-10(15(18)19)2-3-11(9)8-20-14-7-12(16)4-5-13(14)17/h2-7H,8H2,1H3,(H,18,19). The number of carboxylic acid groups (broad SMARTS) is 1. The Kier molecular flexibility index (Phi) is 4.39. The van der Waals surface area contributed by atoms with Gasteiger partial charge in [0, 0.05) is 4.47 Å². The smallest absolute Gasteiger partial charge is 0.335 e. The molecule has 5 heteroatoms. The molecule has 0 saturated heterocycles. The van der Waals surface area contributed by atoms with Crippen LogP contribution in [0.1, 0.15) is 21.5 Å². The summed E-state index contributed by atoms with van der Waals surface area (Å²) < 4.78 is 19.7. The number of aromatic carboxylic acids is 1. The topological polar surface area (TPSA) is 46.5 Å². The van der Waals surface area contributed by atoms with Crippen molar-refractivity contribution >= 4 is 21.9 Å². The summed E-state index contributed by atoms with van der Waals surface area (Å²) in [7, 11) is 0. The Hall–Kier alpha value is -1.88. The van der Waals surface area contributed by atoms with Crippen molar-refractivity contribution in [1.82, 2.24) is 0 Å². The van der Waals surface area contributed by atoms with Crippen LogP contribution >= 0.6 is 15.9 Å². The van der Waals surface area contributed by atoms with Crippen LogP contribution in [0, 0.1) is 12.7 Å². The molecule has 0 saturated carbocycles. The first-order chi connectivity index (χ1) is 9.47. The summed E-state index contributed by atoms with van der Waals surface area (Å²) in [6.07, 6.45) is 0. The Balaban J connectivity index is 2.15. The van der Waals surface area contributed by atoms with Crippen LogP contribution in [0.5, 0.6) is 5.75 Å². The zero-order valence-corrected chi connectivity index (χ0v) is 12.3. The highest BCUT2D eigenvalue weighted by Gasteiger charge is 2.08. The highest BCUT2D eigenvalue weighted by molar-refractivity contribution is 9.10. The third-order valence-electron chi connectivity index (χ3n) is 2.87. The SMILES string of the molecule is Cc1cc(C(=O)O)ccc1COc1cc(Br)ccc1F. The van der Waals surface area contributed by atoms with E-state index in [-0.39, 0.29) is 17.9 Å². The lowest BCUT2D eigenvalue weighted by atomic mass is 10.1. The fourth-order valence-corrected chi connectivity index (χ4v) is 2.07. The third-order valence-corrected chi connectivity index (χ3v) is 3.36. The first kappa shape index (κ1) is 14.5. The Morgan fingerprint density at radius 2 is 2.05 bits per heavy atom. The molecule has 0 aliphatic rings. The summed E-state index contributed by atoms with van der Waals surface area (Å²) in [5.74, 6) is -1.26. The van der Waals surface area contributed by atoms with Crippen LogP contribution in [0.15, 0.2) is 40.9 Å². The van der Waals surface area contributed by atoms with E-state index in [9.17, 15) is 9.18 Å². The number of aryl methyl sites for hydroxylation is 1. The fraction of sp³-hybridized carbons (Fsp3) is 0.133. The summed E-state index contributed by atoms with van der Waals surface area (Å²) in [5.41, 5.74) is 1.83. The van der Waals surface area contributed by atoms with Gasteiger partial charge in [0.25, 0.3) is 0 Å². The van der Waals surface area contributed by atoms with Crippen molar-refractivity contribution in [3.63, 3.8) is 0 Å². The zero-order chi connectivity index (χ0) is 14.7.